The third-order valence-electron chi connectivity index (χ3n) is 2.56. The highest BCUT2D eigenvalue weighted by Crippen LogP contribution is 2.32. The molecule has 0 atom stereocenters. The second-order valence-corrected chi connectivity index (χ2v) is 4.38. The Hall–Kier alpha value is -1.58. The number of hydrogen-bond acceptors (Lipinski definition) is 3. The minimum absolute atomic E-state index is 0.0758. The maximum absolute atomic E-state index is 10.8. The Morgan fingerprint density at radius 1 is 1.56 bits per heavy atom. The van der Waals surface area contributed by atoms with Crippen LogP contribution in [0.5, 0.6) is 5.75 Å². The highest BCUT2D eigenvalue weighted by atomic mass is 16.5. The molecule has 86 valence electrons. The molecule has 0 radical (unpaired) electrons. The topological polar surface area (TPSA) is 59.4 Å². The Balaban J connectivity index is 2.31. The molecule has 0 aliphatic heterocycles. The van der Waals surface area contributed by atoms with Gasteiger partial charge in [-0.25, -0.2) is 9.78 Å². The fourth-order valence-corrected chi connectivity index (χ4v) is 1.49. The summed E-state index contributed by atoms with van der Waals surface area (Å²) in [5.41, 5.74) is 0.992. The SMILES string of the molecule is CC(C)c1cc(C(=O)O)ncc1OC1CC1. The van der Waals surface area contributed by atoms with Crippen LogP contribution < -0.4 is 4.74 Å². The van der Waals surface area contributed by atoms with Crippen LogP contribution in [0.4, 0.5) is 0 Å². The van der Waals surface area contributed by atoms with E-state index >= 15 is 0 Å². The standard InChI is InChI=1S/C12H15NO3/c1-7(2)9-5-10(12(14)15)13-6-11(9)16-8-3-4-8/h5-8H,3-4H2,1-2H3,(H,14,15). The number of carboxylic acids is 1. The van der Waals surface area contributed by atoms with Crippen LogP contribution in [0.3, 0.4) is 0 Å². The largest absolute Gasteiger partial charge is 0.489 e. The van der Waals surface area contributed by atoms with Gasteiger partial charge in [-0.15, -0.1) is 0 Å². The quantitative estimate of drug-likeness (QED) is 0.848. The lowest BCUT2D eigenvalue weighted by molar-refractivity contribution is 0.0690. The van der Waals surface area contributed by atoms with Crippen molar-refractivity contribution < 1.29 is 14.6 Å². The first-order valence-corrected chi connectivity index (χ1v) is 5.48. The second kappa shape index (κ2) is 4.12. The monoisotopic (exact) mass is 221 g/mol. The van der Waals surface area contributed by atoms with E-state index in [1.54, 1.807) is 6.07 Å². The molecule has 1 aliphatic carbocycles. The molecule has 4 nitrogen and oxygen atoms in total. The first-order chi connectivity index (χ1) is 7.58. The zero-order valence-corrected chi connectivity index (χ0v) is 9.43. The number of carbonyl (C=O) groups is 1. The van der Waals surface area contributed by atoms with Crippen molar-refractivity contribution in [2.45, 2.75) is 38.7 Å². The molecule has 0 amide bonds. The van der Waals surface area contributed by atoms with Gasteiger partial charge in [0.1, 0.15) is 11.4 Å². The van der Waals surface area contributed by atoms with E-state index in [1.807, 2.05) is 13.8 Å². The zero-order valence-electron chi connectivity index (χ0n) is 9.43. The Morgan fingerprint density at radius 3 is 2.75 bits per heavy atom. The molecule has 2 rings (SSSR count). The summed E-state index contributed by atoms with van der Waals surface area (Å²) in [4.78, 5) is 14.7. The number of ether oxygens (including phenoxy) is 1. The molecule has 0 unspecified atom stereocenters. The van der Waals surface area contributed by atoms with Crippen molar-refractivity contribution in [1.29, 1.82) is 0 Å². The van der Waals surface area contributed by atoms with Gasteiger partial charge in [-0.05, 0) is 24.8 Å². The molecule has 1 aromatic rings. The normalized spacial score (nSPS) is 15.2. The lowest BCUT2D eigenvalue weighted by Crippen LogP contribution is -2.06. The maximum atomic E-state index is 10.8. The number of nitrogens with zero attached hydrogens (tertiary/aromatic N) is 1. The predicted molar refractivity (Wildman–Crippen MR) is 58.9 cm³/mol. The molecule has 1 heterocycles. The molecule has 1 N–H and O–H groups in total. The summed E-state index contributed by atoms with van der Waals surface area (Å²) < 4.78 is 5.70. The van der Waals surface area contributed by atoms with E-state index in [0.717, 1.165) is 24.2 Å². The van der Waals surface area contributed by atoms with Gasteiger partial charge in [0.25, 0.3) is 0 Å². The summed E-state index contributed by atoms with van der Waals surface area (Å²) >= 11 is 0. The lowest BCUT2D eigenvalue weighted by Gasteiger charge is -2.13. The Labute approximate surface area is 94.3 Å². The minimum Gasteiger partial charge on any atom is -0.489 e. The van der Waals surface area contributed by atoms with Gasteiger partial charge in [0.05, 0.1) is 12.3 Å². The van der Waals surface area contributed by atoms with Gasteiger partial charge in [-0.1, -0.05) is 13.8 Å². The molecule has 0 spiro atoms. The fourth-order valence-electron chi connectivity index (χ4n) is 1.49. The average Bonchev–Trinajstić information content (AvgIpc) is 3.01. The maximum Gasteiger partial charge on any atom is 0.354 e. The summed E-state index contributed by atoms with van der Waals surface area (Å²) in [6.45, 7) is 4.03. The van der Waals surface area contributed by atoms with E-state index in [4.69, 9.17) is 9.84 Å². The number of carboxylic acid groups (broad SMARTS) is 1. The second-order valence-electron chi connectivity index (χ2n) is 4.38. The van der Waals surface area contributed by atoms with Gasteiger partial charge in [0.15, 0.2) is 0 Å². The molecule has 4 heteroatoms. The van der Waals surface area contributed by atoms with Gasteiger partial charge in [-0.3, -0.25) is 0 Å². The van der Waals surface area contributed by atoms with Crippen LogP contribution in [0.15, 0.2) is 12.3 Å². The van der Waals surface area contributed by atoms with E-state index in [0.29, 0.717) is 6.10 Å². The lowest BCUT2D eigenvalue weighted by atomic mass is 10.0. The first kappa shape index (κ1) is 10.9. The Bertz CT molecular complexity index is 411. The molecular weight excluding hydrogens is 206 g/mol. The minimum atomic E-state index is -1.00. The molecule has 1 aromatic heterocycles. The molecule has 0 bridgehead atoms. The zero-order chi connectivity index (χ0) is 11.7. The molecule has 0 saturated heterocycles. The van der Waals surface area contributed by atoms with E-state index in [-0.39, 0.29) is 11.6 Å². The number of hydrogen-bond donors (Lipinski definition) is 1. The van der Waals surface area contributed by atoms with Crippen LogP contribution in [0.25, 0.3) is 0 Å². The van der Waals surface area contributed by atoms with Crippen molar-refractivity contribution >= 4 is 5.97 Å². The van der Waals surface area contributed by atoms with Crippen LogP contribution in [0.1, 0.15) is 48.7 Å². The van der Waals surface area contributed by atoms with E-state index in [2.05, 4.69) is 4.98 Å². The smallest absolute Gasteiger partial charge is 0.354 e. The molecule has 16 heavy (non-hydrogen) atoms. The van der Waals surface area contributed by atoms with Crippen LogP contribution in [0.2, 0.25) is 0 Å². The highest BCUT2D eigenvalue weighted by Gasteiger charge is 2.25. The fraction of sp³-hybridized carbons (Fsp3) is 0.500. The van der Waals surface area contributed by atoms with Gasteiger partial charge in [0.2, 0.25) is 0 Å². The van der Waals surface area contributed by atoms with Crippen LogP contribution in [0, 0.1) is 0 Å². The van der Waals surface area contributed by atoms with Gasteiger partial charge in [-0.2, -0.15) is 0 Å². The molecule has 1 fully saturated rings. The molecular formula is C12H15NO3. The van der Waals surface area contributed by atoms with E-state index in [1.165, 1.54) is 6.20 Å². The van der Waals surface area contributed by atoms with Crippen molar-refractivity contribution in [3.8, 4) is 5.75 Å². The van der Waals surface area contributed by atoms with Crippen molar-refractivity contribution in [2.24, 2.45) is 0 Å². The third-order valence-corrected chi connectivity index (χ3v) is 2.56. The number of aromatic nitrogens is 1. The molecule has 1 aliphatic rings. The van der Waals surface area contributed by atoms with Gasteiger partial charge < -0.3 is 9.84 Å². The predicted octanol–water partition coefficient (Wildman–Crippen LogP) is 2.44. The Morgan fingerprint density at radius 2 is 2.25 bits per heavy atom. The summed E-state index contributed by atoms with van der Waals surface area (Å²) in [6, 6.07) is 1.60. The summed E-state index contributed by atoms with van der Waals surface area (Å²) in [5.74, 6) is -0.0442. The van der Waals surface area contributed by atoms with E-state index < -0.39 is 5.97 Å². The van der Waals surface area contributed by atoms with Crippen molar-refractivity contribution in [1.82, 2.24) is 4.98 Å². The van der Waals surface area contributed by atoms with Crippen LogP contribution >= 0.6 is 0 Å². The third kappa shape index (κ3) is 2.32. The van der Waals surface area contributed by atoms with Crippen LogP contribution in [-0.2, 0) is 0 Å². The average molecular weight is 221 g/mol. The van der Waals surface area contributed by atoms with Crippen molar-refractivity contribution in [3.63, 3.8) is 0 Å². The Kier molecular flexibility index (Phi) is 2.81. The molecule has 1 saturated carbocycles. The summed E-state index contributed by atoms with van der Waals surface area (Å²) in [5, 5.41) is 8.87. The summed E-state index contributed by atoms with van der Waals surface area (Å²) in [6.07, 6.45) is 3.99. The van der Waals surface area contributed by atoms with Crippen molar-refractivity contribution in [3.05, 3.63) is 23.5 Å². The highest BCUT2D eigenvalue weighted by molar-refractivity contribution is 5.85. The molecule has 0 aromatic carbocycles. The number of pyridine rings is 1. The van der Waals surface area contributed by atoms with Crippen LogP contribution in [-0.4, -0.2) is 22.2 Å². The van der Waals surface area contributed by atoms with Crippen molar-refractivity contribution in [2.75, 3.05) is 0 Å². The number of rotatable bonds is 4. The number of aromatic carboxylic acids is 1. The summed E-state index contributed by atoms with van der Waals surface area (Å²) in [7, 11) is 0. The van der Waals surface area contributed by atoms with E-state index in [9.17, 15) is 4.79 Å². The first-order valence-electron chi connectivity index (χ1n) is 5.48. The van der Waals surface area contributed by atoms with Gasteiger partial charge >= 0.3 is 5.97 Å². The van der Waals surface area contributed by atoms with Gasteiger partial charge in [0, 0.05) is 5.56 Å².